The summed E-state index contributed by atoms with van der Waals surface area (Å²) in [6.45, 7) is 2.72. The summed E-state index contributed by atoms with van der Waals surface area (Å²) in [6, 6.07) is 9.56. The third-order valence-electron chi connectivity index (χ3n) is 3.53. The Morgan fingerprint density at radius 1 is 1.29 bits per heavy atom. The number of hydrogen-bond donors (Lipinski definition) is 0. The van der Waals surface area contributed by atoms with Crippen molar-refractivity contribution >= 4 is 10.0 Å². The summed E-state index contributed by atoms with van der Waals surface area (Å²) in [6.07, 6.45) is 0.627. The summed E-state index contributed by atoms with van der Waals surface area (Å²) in [4.78, 5) is 4.37. The van der Waals surface area contributed by atoms with Gasteiger partial charge < -0.3 is 4.52 Å². The van der Waals surface area contributed by atoms with E-state index in [0.717, 1.165) is 5.56 Å². The summed E-state index contributed by atoms with van der Waals surface area (Å²) >= 11 is 0. The van der Waals surface area contributed by atoms with Crippen LogP contribution >= 0.6 is 0 Å². The third-order valence-corrected chi connectivity index (χ3v) is 5.54. The lowest BCUT2D eigenvalue weighted by Gasteiger charge is -2.35. The van der Waals surface area contributed by atoms with Gasteiger partial charge in [0.25, 0.3) is 0 Å². The van der Waals surface area contributed by atoms with Gasteiger partial charge in [0.1, 0.15) is 0 Å². The smallest absolute Gasteiger partial charge is 0.232 e. The fourth-order valence-corrected chi connectivity index (χ4v) is 3.90. The number of nitrogens with zero attached hydrogens (tertiary/aromatic N) is 3. The van der Waals surface area contributed by atoms with Crippen LogP contribution in [0.15, 0.2) is 34.9 Å². The first kappa shape index (κ1) is 14.2. The maximum absolute atomic E-state index is 11.9. The highest BCUT2D eigenvalue weighted by Gasteiger charge is 2.39. The van der Waals surface area contributed by atoms with E-state index in [0.29, 0.717) is 31.2 Å². The van der Waals surface area contributed by atoms with Crippen LogP contribution in [-0.2, 0) is 10.0 Å². The zero-order valence-corrected chi connectivity index (χ0v) is 12.6. The minimum Gasteiger partial charge on any atom is -0.339 e. The Labute approximate surface area is 123 Å². The summed E-state index contributed by atoms with van der Waals surface area (Å²) in [5.41, 5.74) is 0.891. The lowest BCUT2D eigenvalue weighted by atomic mass is 10.0. The van der Waals surface area contributed by atoms with E-state index in [1.807, 2.05) is 37.3 Å². The monoisotopic (exact) mass is 307 g/mol. The Hall–Kier alpha value is -1.73. The molecule has 1 fully saturated rings. The van der Waals surface area contributed by atoms with E-state index in [4.69, 9.17) is 4.52 Å². The fourth-order valence-electron chi connectivity index (χ4n) is 2.31. The molecule has 1 aromatic carbocycles. The molecule has 0 unspecified atom stereocenters. The second-order valence-corrected chi connectivity index (χ2v) is 7.24. The molecule has 0 saturated carbocycles. The molecule has 1 aliphatic rings. The number of hydrogen-bond acceptors (Lipinski definition) is 5. The molecule has 0 atom stereocenters. The molecule has 2 aromatic rings. The van der Waals surface area contributed by atoms with E-state index in [1.165, 1.54) is 4.31 Å². The van der Waals surface area contributed by atoms with Crippen molar-refractivity contribution in [3.05, 3.63) is 36.2 Å². The predicted molar refractivity (Wildman–Crippen MR) is 78.1 cm³/mol. The largest absolute Gasteiger partial charge is 0.339 e. The minimum atomic E-state index is -3.12. The van der Waals surface area contributed by atoms with Gasteiger partial charge in [-0.3, -0.25) is 0 Å². The standard InChI is InChI=1S/C14H17N3O3S/c1-2-8-21(18,19)17-9-12(10-17)14-15-13(16-20-14)11-6-4-3-5-7-11/h3-7,12H,2,8-10H2,1H3. The molecule has 7 heteroatoms. The van der Waals surface area contributed by atoms with Gasteiger partial charge in [-0.15, -0.1) is 0 Å². The van der Waals surface area contributed by atoms with Crippen LogP contribution in [0.5, 0.6) is 0 Å². The van der Waals surface area contributed by atoms with Gasteiger partial charge in [-0.25, -0.2) is 12.7 Å². The molecule has 3 rings (SSSR count). The van der Waals surface area contributed by atoms with Crippen molar-refractivity contribution in [2.75, 3.05) is 18.8 Å². The van der Waals surface area contributed by atoms with Gasteiger partial charge in [0.15, 0.2) is 0 Å². The second kappa shape index (κ2) is 5.57. The van der Waals surface area contributed by atoms with E-state index >= 15 is 0 Å². The summed E-state index contributed by atoms with van der Waals surface area (Å²) in [5.74, 6) is 1.25. The number of benzene rings is 1. The van der Waals surface area contributed by atoms with Crippen molar-refractivity contribution in [1.82, 2.24) is 14.4 Å². The zero-order chi connectivity index (χ0) is 14.9. The van der Waals surface area contributed by atoms with Gasteiger partial charge in [-0.1, -0.05) is 42.4 Å². The summed E-state index contributed by atoms with van der Waals surface area (Å²) in [7, 11) is -3.12. The van der Waals surface area contributed by atoms with Crippen molar-refractivity contribution < 1.29 is 12.9 Å². The van der Waals surface area contributed by atoms with E-state index in [9.17, 15) is 8.42 Å². The van der Waals surface area contributed by atoms with Crippen LogP contribution in [0.1, 0.15) is 25.2 Å². The van der Waals surface area contributed by atoms with Crippen molar-refractivity contribution in [3.8, 4) is 11.4 Å². The maximum Gasteiger partial charge on any atom is 0.232 e. The number of sulfonamides is 1. The molecule has 0 N–H and O–H groups in total. The third kappa shape index (κ3) is 2.84. The molecule has 0 radical (unpaired) electrons. The van der Waals surface area contributed by atoms with Crippen molar-refractivity contribution in [1.29, 1.82) is 0 Å². The first-order valence-corrected chi connectivity index (χ1v) is 8.58. The van der Waals surface area contributed by atoms with Crippen LogP contribution in [0.3, 0.4) is 0 Å². The average molecular weight is 307 g/mol. The average Bonchev–Trinajstić information content (AvgIpc) is 2.87. The molecule has 0 bridgehead atoms. The van der Waals surface area contributed by atoms with E-state index in [-0.39, 0.29) is 11.7 Å². The fraction of sp³-hybridized carbons (Fsp3) is 0.429. The summed E-state index contributed by atoms with van der Waals surface area (Å²) in [5, 5.41) is 3.96. The lowest BCUT2D eigenvalue weighted by Crippen LogP contribution is -2.49. The van der Waals surface area contributed by atoms with Crippen LogP contribution in [0.25, 0.3) is 11.4 Å². The second-order valence-electron chi connectivity index (χ2n) is 5.15. The SMILES string of the molecule is CCCS(=O)(=O)N1CC(c2nc(-c3ccccc3)no2)C1. The molecule has 0 aliphatic carbocycles. The van der Waals surface area contributed by atoms with Gasteiger partial charge in [0.2, 0.25) is 21.7 Å². The first-order chi connectivity index (χ1) is 10.1. The van der Waals surface area contributed by atoms with Gasteiger partial charge in [-0.2, -0.15) is 4.98 Å². The molecular weight excluding hydrogens is 290 g/mol. The highest BCUT2D eigenvalue weighted by molar-refractivity contribution is 7.89. The zero-order valence-electron chi connectivity index (χ0n) is 11.8. The van der Waals surface area contributed by atoms with Crippen molar-refractivity contribution in [2.24, 2.45) is 0 Å². The molecular formula is C14H17N3O3S. The highest BCUT2D eigenvalue weighted by Crippen LogP contribution is 2.29. The Bertz CT molecular complexity index is 706. The van der Waals surface area contributed by atoms with Crippen LogP contribution in [0, 0.1) is 0 Å². The van der Waals surface area contributed by atoms with E-state index in [2.05, 4.69) is 10.1 Å². The summed E-state index contributed by atoms with van der Waals surface area (Å²) < 4.78 is 30.5. The quantitative estimate of drug-likeness (QED) is 0.843. The molecule has 112 valence electrons. The predicted octanol–water partition coefficient (Wildman–Crippen LogP) is 1.88. The Morgan fingerprint density at radius 3 is 2.67 bits per heavy atom. The van der Waals surface area contributed by atoms with E-state index < -0.39 is 10.0 Å². The first-order valence-electron chi connectivity index (χ1n) is 6.97. The molecule has 1 aliphatic heterocycles. The van der Waals surface area contributed by atoms with Crippen molar-refractivity contribution in [2.45, 2.75) is 19.3 Å². The van der Waals surface area contributed by atoms with Crippen molar-refractivity contribution in [3.63, 3.8) is 0 Å². The van der Waals surface area contributed by atoms with E-state index in [1.54, 1.807) is 0 Å². The molecule has 21 heavy (non-hydrogen) atoms. The topological polar surface area (TPSA) is 76.3 Å². The Kier molecular flexibility index (Phi) is 3.77. The number of rotatable bonds is 5. The van der Waals surface area contributed by atoms with Crippen LogP contribution in [-0.4, -0.2) is 41.7 Å². The Morgan fingerprint density at radius 2 is 2.00 bits per heavy atom. The van der Waals surface area contributed by atoms with Gasteiger partial charge in [0, 0.05) is 18.7 Å². The molecule has 0 amide bonds. The molecule has 1 saturated heterocycles. The van der Waals surface area contributed by atoms with Gasteiger partial charge in [0.05, 0.1) is 11.7 Å². The molecule has 1 aromatic heterocycles. The normalized spacial score (nSPS) is 16.8. The maximum atomic E-state index is 11.9. The number of aromatic nitrogens is 2. The van der Waals surface area contributed by atoms with Gasteiger partial charge >= 0.3 is 0 Å². The molecule has 0 spiro atoms. The Balaban J connectivity index is 1.67. The van der Waals surface area contributed by atoms with Crippen LogP contribution in [0.2, 0.25) is 0 Å². The highest BCUT2D eigenvalue weighted by atomic mass is 32.2. The van der Waals surface area contributed by atoms with Crippen LogP contribution in [0.4, 0.5) is 0 Å². The van der Waals surface area contributed by atoms with Crippen LogP contribution < -0.4 is 0 Å². The lowest BCUT2D eigenvalue weighted by molar-refractivity contribution is 0.217. The minimum absolute atomic E-state index is 0.00148. The van der Waals surface area contributed by atoms with Gasteiger partial charge in [-0.05, 0) is 6.42 Å². The molecule has 6 nitrogen and oxygen atoms in total. The molecule has 2 heterocycles.